The van der Waals surface area contributed by atoms with Crippen LogP contribution in [0.1, 0.15) is 0 Å². The highest BCUT2D eigenvalue weighted by Gasteiger charge is 2.25. The standard InChI is InChI=1S/C40H20/c1-2-8-22-20-34-32-18-16-30-26-12-6-4-10-24(26)28-14-13-27-23-9-3-5-11-25(23)29-15-17-31(33(34)19-21(22)7-1)39-37(29)35(27)36(28)38(30)40(32)39/h1-20H. The van der Waals surface area contributed by atoms with Crippen molar-refractivity contribution in [1.82, 2.24) is 0 Å². The fourth-order valence-corrected chi connectivity index (χ4v) is 8.30. The van der Waals surface area contributed by atoms with Gasteiger partial charge in [-0.05, 0) is 120 Å². The Hall–Kier alpha value is -5.20. The van der Waals surface area contributed by atoms with E-state index < -0.39 is 0 Å². The first-order valence-electron chi connectivity index (χ1n) is 14.1. The highest BCUT2D eigenvalue weighted by Crippen LogP contribution is 2.54. The lowest BCUT2D eigenvalue weighted by Gasteiger charge is -2.24. The molecule has 11 aromatic rings. The molecule has 0 spiro atoms. The van der Waals surface area contributed by atoms with E-state index in [1.54, 1.807) is 0 Å². The first kappa shape index (κ1) is 19.8. The topological polar surface area (TPSA) is 0 Å². The molecule has 0 aromatic heterocycles. The first-order chi connectivity index (χ1) is 19.9. The largest absolute Gasteiger partial charge is 0.0616 e. The van der Waals surface area contributed by atoms with Crippen molar-refractivity contribution in [3.8, 4) is 0 Å². The Balaban J connectivity index is 1.61. The summed E-state index contributed by atoms with van der Waals surface area (Å²) in [5, 5.41) is 27.4. The molecular formula is C40H20. The second kappa shape index (κ2) is 6.50. The van der Waals surface area contributed by atoms with Crippen molar-refractivity contribution in [3.05, 3.63) is 121 Å². The summed E-state index contributed by atoms with van der Waals surface area (Å²) in [6, 6.07) is 46.0. The van der Waals surface area contributed by atoms with Gasteiger partial charge in [-0.15, -0.1) is 0 Å². The molecule has 0 aliphatic heterocycles. The SMILES string of the molecule is c1ccc2cc3c(cc2c1)c1ccc2c4ccccc4c4ccc5c6ccccc6c6ccc3c3c6c5c4c2c13. The number of rotatable bonds is 0. The molecule has 11 aromatic carbocycles. The zero-order valence-electron chi connectivity index (χ0n) is 21.5. The molecule has 0 N–H and O–H groups in total. The van der Waals surface area contributed by atoms with Crippen molar-refractivity contribution >= 4 is 108 Å². The Morgan fingerprint density at radius 1 is 0.200 bits per heavy atom. The molecular weight excluding hydrogens is 480 g/mol. The van der Waals surface area contributed by atoms with Gasteiger partial charge in [0.05, 0.1) is 0 Å². The molecule has 11 rings (SSSR count). The van der Waals surface area contributed by atoms with Gasteiger partial charge in [-0.1, -0.05) is 109 Å². The van der Waals surface area contributed by atoms with Gasteiger partial charge in [-0.3, -0.25) is 0 Å². The van der Waals surface area contributed by atoms with Gasteiger partial charge in [0, 0.05) is 0 Å². The Labute approximate surface area is 228 Å². The van der Waals surface area contributed by atoms with Crippen LogP contribution >= 0.6 is 0 Å². The number of hydrogen-bond acceptors (Lipinski definition) is 0. The van der Waals surface area contributed by atoms with Gasteiger partial charge in [0.1, 0.15) is 0 Å². The van der Waals surface area contributed by atoms with E-state index in [4.69, 9.17) is 0 Å². The van der Waals surface area contributed by atoms with E-state index in [2.05, 4.69) is 121 Å². The van der Waals surface area contributed by atoms with E-state index in [1.165, 1.54) is 108 Å². The number of benzene rings is 11. The molecule has 0 aliphatic rings. The first-order valence-corrected chi connectivity index (χ1v) is 14.1. The highest BCUT2D eigenvalue weighted by atomic mass is 14.3. The fraction of sp³-hybridized carbons (Fsp3) is 0. The van der Waals surface area contributed by atoms with Crippen LogP contribution in [0.2, 0.25) is 0 Å². The molecule has 0 saturated carbocycles. The average Bonchev–Trinajstić information content (AvgIpc) is 3.02. The summed E-state index contributed by atoms with van der Waals surface area (Å²) >= 11 is 0. The van der Waals surface area contributed by atoms with E-state index in [0.29, 0.717) is 0 Å². The molecule has 0 amide bonds. The van der Waals surface area contributed by atoms with E-state index in [0.717, 1.165) is 0 Å². The minimum Gasteiger partial charge on any atom is -0.0616 e. The third-order valence-corrected chi connectivity index (χ3v) is 9.85. The number of fused-ring (bicyclic) bond motifs is 10. The predicted molar refractivity (Wildman–Crippen MR) is 175 cm³/mol. The zero-order chi connectivity index (χ0) is 25.7. The van der Waals surface area contributed by atoms with Crippen molar-refractivity contribution < 1.29 is 0 Å². The van der Waals surface area contributed by atoms with Gasteiger partial charge < -0.3 is 0 Å². The third-order valence-electron chi connectivity index (χ3n) is 9.85. The summed E-state index contributed by atoms with van der Waals surface area (Å²) in [6.07, 6.45) is 0. The van der Waals surface area contributed by atoms with Crippen molar-refractivity contribution in [2.45, 2.75) is 0 Å². The Morgan fingerprint density at radius 3 is 0.750 bits per heavy atom. The molecule has 180 valence electrons. The fourth-order valence-electron chi connectivity index (χ4n) is 8.30. The summed E-state index contributed by atoms with van der Waals surface area (Å²) in [5.41, 5.74) is 0. The zero-order valence-corrected chi connectivity index (χ0v) is 21.5. The van der Waals surface area contributed by atoms with Crippen LogP contribution in [0, 0.1) is 0 Å². The van der Waals surface area contributed by atoms with Crippen molar-refractivity contribution in [2.24, 2.45) is 0 Å². The lowest BCUT2D eigenvalue weighted by molar-refractivity contribution is 1.79. The van der Waals surface area contributed by atoms with Crippen molar-refractivity contribution in [3.63, 3.8) is 0 Å². The van der Waals surface area contributed by atoms with E-state index in [-0.39, 0.29) is 0 Å². The Morgan fingerprint density at radius 2 is 0.450 bits per heavy atom. The summed E-state index contributed by atoms with van der Waals surface area (Å²) in [7, 11) is 0. The van der Waals surface area contributed by atoms with Crippen LogP contribution in [0.5, 0.6) is 0 Å². The third kappa shape index (κ3) is 2.06. The second-order valence-corrected chi connectivity index (χ2v) is 11.6. The average molecular weight is 501 g/mol. The molecule has 0 heterocycles. The molecule has 0 unspecified atom stereocenters. The maximum atomic E-state index is 2.42. The van der Waals surface area contributed by atoms with Crippen LogP contribution in [0.4, 0.5) is 0 Å². The minimum absolute atomic E-state index is 1.30. The molecule has 40 heavy (non-hydrogen) atoms. The van der Waals surface area contributed by atoms with Gasteiger partial charge in [0.15, 0.2) is 0 Å². The second-order valence-electron chi connectivity index (χ2n) is 11.6. The molecule has 0 bridgehead atoms. The van der Waals surface area contributed by atoms with Crippen LogP contribution in [0.25, 0.3) is 108 Å². The lowest BCUT2D eigenvalue weighted by Crippen LogP contribution is -1.96. The minimum atomic E-state index is 1.30. The maximum absolute atomic E-state index is 2.42. The smallest absolute Gasteiger partial charge is 0.000717 e. The predicted octanol–water partition coefficient (Wildman–Crippen LogP) is 11.5. The summed E-state index contributed by atoms with van der Waals surface area (Å²) in [4.78, 5) is 0. The van der Waals surface area contributed by atoms with Crippen molar-refractivity contribution in [2.75, 3.05) is 0 Å². The summed E-state index contributed by atoms with van der Waals surface area (Å²) in [6.45, 7) is 0. The Kier molecular flexibility index (Phi) is 3.22. The monoisotopic (exact) mass is 500 g/mol. The van der Waals surface area contributed by atoms with Gasteiger partial charge in [-0.25, -0.2) is 0 Å². The van der Waals surface area contributed by atoms with Gasteiger partial charge >= 0.3 is 0 Å². The maximum Gasteiger partial charge on any atom is -0.000717 e. The molecule has 0 aliphatic carbocycles. The van der Waals surface area contributed by atoms with Gasteiger partial charge in [-0.2, -0.15) is 0 Å². The Bertz CT molecular complexity index is 2650. The van der Waals surface area contributed by atoms with E-state index in [1.807, 2.05) is 0 Å². The molecule has 0 atom stereocenters. The lowest BCUT2D eigenvalue weighted by atomic mass is 9.78. The molecule has 0 heteroatoms. The number of hydrogen-bond donors (Lipinski definition) is 0. The summed E-state index contributed by atoms with van der Waals surface area (Å²) in [5.74, 6) is 0. The van der Waals surface area contributed by atoms with Gasteiger partial charge in [0.25, 0.3) is 0 Å². The molecule has 0 nitrogen and oxygen atoms in total. The highest BCUT2D eigenvalue weighted by molar-refractivity contribution is 6.52. The van der Waals surface area contributed by atoms with Gasteiger partial charge in [0.2, 0.25) is 0 Å². The van der Waals surface area contributed by atoms with Crippen LogP contribution in [-0.4, -0.2) is 0 Å². The van der Waals surface area contributed by atoms with E-state index in [9.17, 15) is 0 Å². The van der Waals surface area contributed by atoms with Crippen LogP contribution in [0.3, 0.4) is 0 Å². The summed E-state index contributed by atoms with van der Waals surface area (Å²) < 4.78 is 0. The quantitative estimate of drug-likeness (QED) is 0.143. The molecule has 0 radical (unpaired) electrons. The van der Waals surface area contributed by atoms with Crippen LogP contribution < -0.4 is 0 Å². The molecule has 0 saturated heterocycles. The molecule has 0 fully saturated rings. The van der Waals surface area contributed by atoms with Crippen LogP contribution in [-0.2, 0) is 0 Å². The normalized spacial score (nSPS) is 13.0. The van der Waals surface area contributed by atoms with Crippen LogP contribution in [0.15, 0.2) is 121 Å². The van der Waals surface area contributed by atoms with E-state index >= 15 is 0 Å². The van der Waals surface area contributed by atoms with Crippen molar-refractivity contribution in [1.29, 1.82) is 0 Å².